The highest BCUT2D eigenvalue weighted by Gasteiger charge is 2.21. The van der Waals surface area contributed by atoms with E-state index < -0.39 is 0 Å². The quantitative estimate of drug-likeness (QED) is 0.736. The second-order valence-electron chi connectivity index (χ2n) is 6.34. The lowest BCUT2D eigenvalue weighted by atomic mass is 10.1. The van der Waals surface area contributed by atoms with E-state index in [0.29, 0.717) is 25.6 Å². The maximum absolute atomic E-state index is 11.9. The van der Waals surface area contributed by atoms with Crippen molar-refractivity contribution in [1.29, 1.82) is 0 Å². The molecule has 1 amide bonds. The summed E-state index contributed by atoms with van der Waals surface area (Å²) in [5, 5.41) is 11.2. The molecule has 3 rings (SSSR count). The van der Waals surface area contributed by atoms with Crippen molar-refractivity contribution in [2.75, 3.05) is 19.8 Å². The van der Waals surface area contributed by atoms with Crippen LogP contribution in [0.5, 0.6) is 11.6 Å². The lowest BCUT2D eigenvalue weighted by molar-refractivity contribution is -0.124. The molecule has 1 aliphatic carbocycles. The second kappa shape index (κ2) is 9.17. The third kappa shape index (κ3) is 4.94. The highest BCUT2D eigenvalue weighted by molar-refractivity contribution is 5.78. The zero-order valence-electron chi connectivity index (χ0n) is 15.1. The topological polar surface area (TPSA) is 73.3 Å². The summed E-state index contributed by atoms with van der Waals surface area (Å²) < 4.78 is 11.0. The number of nitrogens with zero attached hydrogens (tertiary/aromatic N) is 2. The van der Waals surface area contributed by atoms with Crippen molar-refractivity contribution >= 4 is 5.91 Å². The molecule has 1 aromatic heterocycles. The number of aromatic nitrogens is 2. The number of benzene rings is 1. The van der Waals surface area contributed by atoms with Crippen molar-refractivity contribution < 1.29 is 14.3 Å². The SMILES string of the molecule is CCOc1ccc(-c2ccc(OCCNC(=O)C3CCCC3)nn2)cc1. The van der Waals surface area contributed by atoms with E-state index >= 15 is 0 Å². The number of carbonyl (C=O) groups excluding carboxylic acids is 1. The molecule has 0 aliphatic heterocycles. The zero-order chi connectivity index (χ0) is 18.2. The van der Waals surface area contributed by atoms with Gasteiger partial charge >= 0.3 is 0 Å². The lowest BCUT2D eigenvalue weighted by Crippen LogP contribution is -2.32. The van der Waals surface area contributed by atoms with Crippen LogP contribution in [0.25, 0.3) is 11.3 Å². The molecule has 1 fully saturated rings. The Balaban J connectivity index is 1.44. The number of nitrogens with one attached hydrogen (secondary N) is 1. The van der Waals surface area contributed by atoms with Gasteiger partial charge in [-0.05, 0) is 50.1 Å². The van der Waals surface area contributed by atoms with Gasteiger partial charge in [-0.3, -0.25) is 4.79 Å². The molecule has 1 saturated carbocycles. The van der Waals surface area contributed by atoms with Gasteiger partial charge in [-0.15, -0.1) is 10.2 Å². The Morgan fingerprint density at radius 1 is 1.08 bits per heavy atom. The normalized spacial score (nSPS) is 14.2. The van der Waals surface area contributed by atoms with E-state index in [1.54, 1.807) is 6.07 Å². The summed E-state index contributed by atoms with van der Waals surface area (Å²) in [4.78, 5) is 11.9. The number of hydrogen-bond donors (Lipinski definition) is 1. The summed E-state index contributed by atoms with van der Waals surface area (Å²) in [5.74, 6) is 1.62. The average molecular weight is 355 g/mol. The van der Waals surface area contributed by atoms with Gasteiger partial charge in [0.25, 0.3) is 0 Å². The minimum Gasteiger partial charge on any atom is -0.494 e. The van der Waals surface area contributed by atoms with Crippen molar-refractivity contribution in [2.45, 2.75) is 32.6 Å². The van der Waals surface area contributed by atoms with Crippen LogP contribution >= 0.6 is 0 Å². The van der Waals surface area contributed by atoms with Gasteiger partial charge in [0.1, 0.15) is 12.4 Å². The molecule has 26 heavy (non-hydrogen) atoms. The lowest BCUT2D eigenvalue weighted by Gasteiger charge is -2.10. The Morgan fingerprint density at radius 2 is 1.85 bits per heavy atom. The largest absolute Gasteiger partial charge is 0.494 e. The molecule has 1 N–H and O–H groups in total. The first-order valence-corrected chi connectivity index (χ1v) is 9.23. The fourth-order valence-corrected chi connectivity index (χ4v) is 3.10. The first-order valence-electron chi connectivity index (χ1n) is 9.23. The Hall–Kier alpha value is -2.63. The molecular weight excluding hydrogens is 330 g/mol. The molecule has 0 atom stereocenters. The van der Waals surface area contributed by atoms with Crippen LogP contribution in [0.4, 0.5) is 0 Å². The predicted molar refractivity (Wildman–Crippen MR) is 99.1 cm³/mol. The van der Waals surface area contributed by atoms with Gasteiger partial charge in [0.15, 0.2) is 0 Å². The number of rotatable bonds is 8. The van der Waals surface area contributed by atoms with Crippen LogP contribution in [-0.2, 0) is 4.79 Å². The third-order valence-electron chi connectivity index (χ3n) is 4.48. The maximum Gasteiger partial charge on any atom is 0.233 e. The molecule has 6 heteroatoms. The predicted octanol–water partition coefficient (Wildman–Crippen LogP) is 3.23. The van der Waals surface area contributed by atoms with Crippen molar-refractivity contribution in [2.24, 2.45) is 5.92 Å². The molecular formula is C20H25N3O3. The van der Waals surface area contributed by atoms with E-state index in [9.17, 15) is 4.79 Å². The Bertz CT molecular complexity index is 695. The molecule has 0 unspecified atom stereocenters. The summed E-state index contributed by atoms with van der Waals surface area (Å²) in [6, 6.07) is 11.4. The summed E-state index contributed by atoms with van der Waals surface area (Å²) in [6.07, 6.45) is 4.33. The average Bonchev–Trinajstić information content (AvgIpc) is 3.21. The van der Waals surface area contributed by atoms with E-state index in [1.165, 1.54) is 0 Å². The van der Waals surface area contributed by atoms with Crippen molar-refractivity contribution in [1.82, 2.24) is 15.5 Å². The highest BCUT2D eigenvalue weighted by Crippen LogP contribution is 2.24. The van der Waals surface area contributed by atoms with Crippen LogP contribution in [0.15, 0.2) is 36.4 Å². The molecule has 2 aromatic rings. The molecule has 6 nitrogen and oxygen atoms in total. The standard InChI is InChI=1S/C20H25N3O3/c1-2-25-17-9-7-15(8-10-17)18-11-12-19(23-22-18)26-14-13-21-20(24)16-5-3-4-6-16/h7-12,16H,2-6,13-14H2,1H3,(H,21,24). The Morgan fingerprint density at radius 3 is 2.50 bits per heavy atom. The zero-order valence-corrected chi connectivity index (χ0v) is 15.1. The molecule has 1 aliphatic rings. The minimum atomic E-state index is 0.142. The van der Waals surface area contributed by atoms with Crippen LogP contribution in [0.1, 0.15) is 32.6 Å². The Labute approximate surface area is 153 Å². The van der Waals surface area contributed by atoms with Gasteiger partial charge in [0.2, 0.25) is 11.8 Å². The summed E-state index contributed by atoms with van der Waals surface area (Å²) in [6.45, 7) is 3.47. The van der Waals surface area contributed by atoms with Crippen molar-refractivity contribution in [3.05, 3.63) is 36.4 Å². The molecule has 1 heterocycles. The van der Waals surface area contributed by atoms with Gasteiger partial charge in [0.05, 0.1) is 18.8 Å². The van der Waals surface area contributed by atoms with E-state index in [4.69, 9.17) is 9.47 Å². The molecule has 1 aromatic carbocycles. The van der Waals surface area contributed by atoms with Crippen molar-refractivity contribution in [3.8, 4) is 22.9 Å². The van der Waals surface area contributed by atoms with Gasteiger partial charge in [-0.1, -0.05) is 12.8 Å². The maximum atomic E-state index is 11.9. The summed E-state index contributed by atoms with van der Waals surface area (Å²) >= 11 is 0. The van der Waals surface area contributed by atoms with Crippen LogP contribution < -0.4 is 14.8 Å². The molecule has 0 radical (unpaired) electrons. The molecule has 138 valence electrons. The van der Waals surface area contributed by atoms with E-state index in [1.807, 2.05) is 37.3 Å². The Kier molecular flexibility index (Phi) is 6.41. The van der Waals surface area contributed by atoms with Gasteiger partial charge in [-0.2, -0.15) is 0 Å². The molecule has 0 bridgehead atoms. The van der Waals surface area contributed by atoms with Gasteiger partial charge in [0, 0.05) is 17.5 Å². The van der Waals surface area contributed by atoms with Crippen molar-refractivity contribution in [3.63, 3.8) is 0 Å². The fraction of sp³-hybridized carbons (Fsp3) is 0.450. The van der Waals surface area contributed by atoms with Crippen LogP contribution in [-0.4, -0.2) is 35.9 Å². The number of amides is 1. The smallest absolute Gasteiger partial charge is 0.233 e. The van der Waals surface area contributed by atoms with E-state index in [0.717, 1.165) is 42.7 Å². The number of hydrogen-bond acceptors (Lipinski definition) is 5. The van der Waals surface area contributed by atoms with Gasteiger partial charge < -0.3 is 14.8 Å². The van der Waals surface area contributed by atoms with E-state index in [2.05, 4.69) is 15.5 Å². The first kappa shape index (κ1) is 18.2. The molecule has 0 spiro atoms. The third-order valence-corrected chi connectivity index (χ3v) is 4.48. The second-order valence-corrected chi connectivity index (χ2v) is 6.34. The van der Waals surface area contributed by atoms with Crippen LogP contribution in [0, 0.1) is 5.92 Å². The summed E-state index contributed by atoms with van der Waals surface area (Å²) in [7, 11) is 0. The monoisotopic (exact) mass is 355 g/mol. The number of ether oxygens (including phenoxy) is 2. The minimum absolute atomic E-state index is 0.142. The van der Waals surface area contributed by atoms with Crippen LogP contribution in [0.3, 0.4) is 0 Å². The summed E-state index contributed by atoms with van der Waals surface area (Å²) in [5.41, 5.74) is 1.74. The first-order chi connectivity index (χ1) is 12.8. The van der Waals surface area contributed by atoms with Gasteiger partial charge in [-0.25, -0.2) is 0 Å². The molecule has 0 saturated heterocycles. The van der Waals surface area contributed by atoms with Crippen LogP contribution in [0.2, 0.25) is 0 Å². The highest BCUT2D eigenvalue weighted by atomic mass is 16.5. The number of carbonyl (C=O) groups is 1. The fourth-order valence-electron chi connectivity index (χ4n) is 3.10. The van der Waals surface area contributed by atoms with E-state index in [-0.39, 0.29) is 11.8 Å².